The number of carboxylic acids is 1. The van der Waals surface area contributed by atoms with Crippen LogP contribution < -0.4 is 0 Å². The van der Waals surface area contributed by atoms with Crippen LogP contribution in [-0.2, 0) is 16.8 Å². The van der Waals surface area contributed by atoms with Gasteiger partial charge in [0.2, 0.25) is 0 Å². The van der Waals surface area contributed by atoms with Gasteiger partial charge in [0, 0.05) is 12.6 Å². The maximum Gasteiger partial charge on any atom is 0.303 e. The molecule has 4 bridgehead atoms. The van der Waals surface area contributed by atoms with E-state index >= 15 is 0 Å². The molecule has 0 spiro atoms. The van der Waals surface area contributed by atoms with Crippen molar-refractivity contribution in [2.75, 3.05) is 0 Å². The van der Waals surface area contributed by atoms with Crippen LogP contribution in [0.1, 0.15) is 50.5 Å². The summed E-state index contributed by atoms with van der Waals surface area (Å²) in [6.45, 7) is 0. The lowest BCUT2D eigenvalue weighted by atomic mass is 9.53. The highest BCUT2D eigenvalue weighted by molar-refractivity contribution is 5.67. The fraction of sp³-hybridized carbons (Fsp3) is 0.750. The quantitative estimate of drug-likeness (QED) is 0.918. The molecule has 4 aliphatic rings. The second-order valence-corrected chi connectivity index (χ2v) is 7.33. The van der Waals surface area contributed by atoms with Gasteiger partial charge in [0.05, 0.1) is 11.7 Å². The van der Waals surface area contributed by atoms with Gasteiger partial charge in [0.15, 0.2) is 0 Å². The fourth-order valence-corrected chi connectivity index (χ4v) is 5.35. The molecule has 0 amide bonds. The first kappa shape index (κ1) is 12.4. The molecule has 4 heteroatoms. The Labute approximate surface area is 119 Å². The van der Waals surface area contributed by atoms with Gasteiger partial charge in [-0.2, -0.15) is 5.10 Å². The van der Waals surface area contributed by atoms with E-state index < -0.39 is 5.97 Å². The number of aliphatic carboxylic acids is 1. The van der Waals surface area contributed by atoms with Crippen LogP contribution in [0, 0.1) is 17.8 Å². The second-order valence-electron chi connectivity index (χ2n) is 7.33. The van der Waals surface area contributed by atoms with E-state index in [0.29, 0.717) is 6.42 Å². The molecule has 108 valence electrons. The van der Waals surface area contributed by atoms with Crippen LogP contribution in [-0.4, -0.2) is 20.9 Å². The third-order valence-electron chi connectivity index (χ3n) is 5.76. The Morgan fingerprint density at radius 3 is 2.40 bits per heavy atom. The predicted molar refractivity (Wildman–Crippen MR) is 74.3 cm³/mol. The molecule has 1 N–H and O–H groups in total. The molecule has 1 aromatic heterocycles. The summed E-state index contributed by atoms with van der Waals surface area (Å²) in [5.41, 5.74) is 1.33. The lowest BCUT2D eigenvalue weighted by molar-refractivity contribution is -0.136. The van der Waals surface area contributed by atoms with E-state index in [-0.39, 0.29) is 12.0 Å². The highest BCUT2D eigenvalue weighted by Crippen LogP contribution is 2.58. The van der Waals surface area contributed by atoms with Gasteiger partial charge in [-0.05, 0) is 68.3 Å². The van der Waals surface area contributed by atoms with Crippen LogP contribution in [0.2, 0.25) is 0 Å². The monoisotopic (exact) mass is 274 g/mol. The summed E-state index contributed by atoms with van der Waals surface area (Å²) in [6.07, 6.45) is 13.0. The molecule has 5 rings (SSSR count). The number of hydrogen-bond donors (Lipinski definition) is 1. The Morgan fingerprint density at radius 1 is 1.25 bits per heavy atom. The third-order valence-corrected chi connectivity index (χ3v) is 5.76. The molecule has 0 radical (unpaired) electrons. The first-order valence-corrected chi connectivity index (χ1v) is 7.89. The molecule has 0 aromatic carbocycles. The van der Waals surface area contributed by atoms with Crippen molar-refractivity contribution >= 4 is 5.97 Å². The molecular weight excluding hydrogens is 252 g/mol. The summed E-state index contributed by atoms with van der Waals surface area (Å²) in [4.78, 5) is 10.7. The zero-order valence-electron chi connectivity index (χ0n) is 11.8. The van der Waals surface area contributed by atoms with Gasteiger partial charge in [-0.1, -0.05) is 0 Å². The number of aryl methyl sites for hydroxylation is 1. The highest BCUT2D eigenvalue weighted by Gasteiger charge is 2.52. The van der Waals surface area contributed by atoms with Crippen molar-refractivity contribution in [2.45, 2.75) is 56.9 Å². The zero-order chi connectivity index (χ0) is 13.7. The Hall–Kier alpha value is -1.32. The van der Waals surface area contributed by atoms with Gasteiger partial charge in [-0.25, -0.2) is 0 Å². The van der Waals surface area contributed by atoms with Gasteiger partial charge in [-0.3, -0.25) is 9.48 Å². The third kappa shape index (κ3) is 1.97. The summed E-state index contributed by atoms with van der Waals surface area (Å²) in [6, 6.07) is 0. The highest BCUT2D eigenvalue weighted by atomic mass is 16.4. The smallest absolute Gasteiger partial charge is 0.303 e. The summed E-state index contributed by atoms with van der Waals surface area (Å²) >= 11 is 0. The number of rotatable bonds is 4. The van der Waals surface area contributed by atoms with Crippen LogP contribution in [0.3, 0.4) is 0 Å². The standard InChI is InChI=1S/C16H22N2O2/c19-15(20)2-1-11-9-17-18(10-11)16-6-12-3-13(7-16)5-14(4-12)8-16/h9-10,12-14H,1-8H2,(H,19,20). The van der Waals surface area contributed by atoms with E-state index in [2.05, 4.69) is 16.0 Å². The van der Waals surface area contributed by atoms with E-state index in [4.69, 9.17) is 5.11 Å². The van der Waals surface area contributed by atoms with Crippen LogP contribution in [0.25, 0.3) is 0 Å². The number of hydrogen-bond acceptors (Lipinski definition) is 2. The molecule has 0 atom stereocenters. The molecular formula is C16H22N2O2. The first-order chi connectivity index (χ1) is 9.63. The van der Waals surface area contributed by atoms with Crippen molar-refractivity contribution in [3.8, 4) is 0 Å². The van der Waals surface area contributed by atoms with E-state index in [0.717, 1.165) is 23.3 Å². The Bertz CT molecular complexity index is 499. The molecule has 0 saturated heterocycles. The van der Waals surface area contributed by atoms with Crippen molar-refractivity contribution in [3.05, 3.63) is 18.0 Å². The normalized spacial score (nSPS) is 38.3. The average molecular weight is 274 g/mol. The number of carboxylic acid groups (broad SMARTS) is 1. The molecule has 4 nitrogen and oxygen atoms in total. The first-order valence-electron chi connectivity index (χ1n) is 7.89. The molecule has 1 heterocycles. The maximum absolute atomic E-state index is 10.7. The SMILES string of the molecule is O=C(O)CCc1cnn(C23CC4CC(CC(C4)C2)C3)c1. The fourth-order valence-electron chi connectivity index (χ4n) is 5.35. The maximum atomic E-state index is 10.7. The Balaban J connectivity index is 1.56. The summed E-state index contributed by atoms with van der Waals surface area (Å²) in [5, 5.41) is 13.4. The van der Waals surface area contributed by atoms with Crippen molar-refractivity contribution in [2.24, 2.45) is 17.8 Å². The summed E-state index contributed by atoms with van der Waals surface area (Å²) in [7, 11) is 0. The van der Waals surface area contributed by atoms with E-state index in [9.17, 15) is 4.79 Å². The average Bonchev–Trinajstić information content (AvgIpc) is 2.84. The lowest BCUT2D eigenvalue weighted by Gasteiger charge is -2.56. The van der Waals surface area contributed by atoms with Gasteiger partial charge >= 0.3 is 5.97 Å². The number of nitrogens with zero attached hydrogens (tertiary/aromatic N) is 2. The van der Waals surface area contributed by atoms with Crippen LogP contribution in [0.4, 0.5) is 0 Å². The minimum atomic E-state index is -0.729. The van der Waals surface area contributed by atoms with Crippen molar-refractivity contribution < 1.29 is 9.90 Å². The van der Waals surface area contributed by atoms with Crippen LogP contribution in [0.15, 0.2) is 12.4 Å². The largest absolute Gasteiger partial charge is 0.481 e. The molecule has 4 aliphatic carbocycles. The van der Waals surface area contributed by atoms with Gasteiger partial charge in [-0.15, -0.1) is 0 Å². The Kier molecular flexibility index (Phi) is 2.69. The van der Waals surface area contributed by atoms with Gasteiger partial charge in [0.25, 0.3) is 0 Å². The van der Waals surface area contributed by atoms with Crippen molar-refractivity contribution in [1.82, 2.24) is 9.78 Å². The van der Waals surface area contributed by atoms with Crippen LogP contribution >= 0.6 is 0 Å². The van der Waals surface area contributed by atoms with Gasteiger partial charge < -0.3 is 5.11 Å². The molecule has 0 aliphatic heterocycles. The molecule has 0 unspecified atom stereocenters. The number of aromatic nitrogens is 2. The molecule has 4 saturated carbocycles. The minimum absolute atomic E-state index is 0.201. The zero-order valence-corrected chi connectivity index (χ0v) is 11.8. The van der Waals surface area contributed by atoms with E-state index in [1.165, 1.54) is 38.5 Å². The molecule has 20 heavy (non-hydrogen) atoms. The van der Waals surface area contributed by atoms with E-state index in [1.807, 2.05) is 6.20 Å². The van der Waals surface area contributed by atoms with E-state index in [1.54, 1.807) is 0 Å². The predicted octanol–water partition coefficient (Wildman–Crippen LogP) is 2.83. The Morgan fingerprint density at radius 2 is 1.85 bits per heavy atom. The minimum Gasteiger partial charge on any atom is -0.481 e. The lowest BCUT2D eigenvalue weighted by Crippen LogP contribution is -2.52. The summed E-state index contributed by atoms with van der Waals surface area (Å²) in [5.74, 6) is 2.00. The molecule has 1 aromatic rings. The van der Waals surface area contributed by atoms with Gasteiger partial charge in [0.1, 0.15) is 0 Å². The van der Waals surface area contributed by atoms with Crippen molar-refractivity contribution in [1.29, 1.82) is 0 Å². The summed E-state index contributed by atoms with van der Waals surface area (Å²) < 4.78 is 2.20. The van der Waals surface area contributed by atoms with Crippen LogP contribution in [0.5, 0.6) is 0 Å². The second kappa shape index (κ2) is 4.34. The molecule has 4 fully saturated rings. The number of carbonyl (C=O) groups is 1. The van der Waals surface area contributed by atoms with Crippen molar-refractivity contribution in [3.63, 3.8) is 0 Å². The topological polar surface area (TPSA) is 55.1 Å².